The van der Waals surface area contributed by atoms with E-state index in [1.165, 1.54) is 5.56 Å². The van der Waals surface area contributed by atoms with Crippen LogP contribution in [-0.4, -0.2) is 28.7 Å². The first-order valence-corrected chi connectivity index (χ1v) is 7.10. The molecule has 5 heteroatoms. The molecule has 0 saturated carbocycles. The second-order valence-electron chi connectivity index (χ2n) is 4.69. The van der Waals surface area contributed by atoms with Gasteiger partial charge in [0.05, 0.1) is 6.04 Å². The Hall–Kier alpha value is -1.20. The minimum absolute atomic E-state index is 0.136. The summed E-state index contributed by atoms with van der Waals surface area (Å²) in [7, 11) is 2.07. The standard InChI is InChI=1S/C14H18BrN3O/c1-10(14-17-16-11(2)19-14)18(3)9-8-12-4-6-13(15)7-5-12/h4-7,10H,8-9H2,1-3H3/t10-/m0/s1. The molecule has 2 rings (SSSR count). The lowest BCUT2D eigenvalue weighted by molar-refractivity contribution is 0.225. The van der Waals surface area contributed by atoms with Crippen LogP contribution < -0.4 is 0 Å². The Morgan fingerprint density at radius 3 is 2.53 bits per heavy atom. The quantitative estimate of drug-likeness (QED) is 0.846. The number of rotatable bonds is 5. The highest BCUT2D eigenvalue weighted by Gasteiger charge is 2.17. The van der Waals surface area contributed by atoms with Crippen molar-refractivity contribution < 1.29 is 4.42 Å². The number of aromatic nitrogens is 2. The van der Waals surface area contributed by atoms with Crippen LogP contribution in [-0.2, 0) is 6.42 Å². The van der Waals surface area contributed by atoms with Gasteiger partial charge in [0.1, 0.15) is 0 Å². The average molecular weight is 324 g/mol. The summed E-state index contributed by atoms with van der Waals surface area (Å²) in [4.78, 5) is 2.22. The van der Waals surface area contributed by atoms with Crippen LogP contribution in [0, 0.1) is 6.92 Å². The molecule has 0 saturated heterocycles. The highest BCUT2D eigenvalue weighted by Crippen LogP contribution is 2.18. The Morgan fingerprint density at radius 1 is 1.26 bits per heavy atom. The van der Waals surface area contributed by atoms with E-state index in [9.17, 15) is 0 Å². The van der Waals surface area contributed by atoms with E-state index in [2.05, 4.69) is 69.3 Å². The summed E-state index contributed by atoms with van der Waals surface area (Å²) in [5.41, 5.74) is 1.32. The predicted octanol–water partition coefficient (Wildman–Crippen LogP) is 3.38. The number of likely N-dealkylation sites (N-methyl/N-ethyl adjacent to an activating group) is 1. The molecule has 4 nitrogen and oxygen atoms in total. The summed E-state index contributed by atoms with van der Waals surface area (Å²) in [5.74, 6) is 1.29. The van der Waals surface area contributed by atoms with Crippen molar-refractivity contribution >= 4 is 15.9 Å². The summed E-state index contributed by atoms with van der Waals surface area (Å²) >= 11 is 3.44. The van der Waals surface area contributed by atoms with E-state index in [1.807, 2.05) is 6.92 Å². The number of aryl methyl sites for hydroxylation is 1. The molecule has 0 N–H and O–H groups in total. The Morgan fingerprint density at radius 2 is 1.95 bits per heavy atom. The number of hydrogen-bond donors (Lipinski definition) is 0. The van der Waals surface area contributed by atoms with Crippen molar-refractivity contribution in [3.8, 4) is 0 Å². The smallest absolute Gasteiger partial charge is 0.233 e. The maximum Gasteiger partial charge on any atom is 0.233 e. The van der Waals surface area contributed by atoms with Gasteiger partial charge in [0.2, 0.25) is 11.8 Å². The van der Waals surface area contributed by atoms with Gasteiger partial charge in [0.25, 0.3) is 0 Å². The predicted molar refractivity (Wildman–Crippen MR) is 77.9 cm³/mol. The topological polar surface area (TPSA) is 42.2 Å². The van der Waals surface area contributed by atoms with Crippen LogP contribution in [0.15, 0.2) is 33.2 Å². The Balaban J connectivity index is 1.90. The first-order valence-electron chi connectivity index (χ1n) is 6.31. The third-order valence-electron chi connectivity index (χ3n) is 3.23. The third-order valence-corrected chi connectivity index (χ3v) is 3.76. The zero-order chi connectivity index (χ0) is 13.8. The van der Waals surface area contributed by atoms with Crippen molar-refractivity contribution in [1.29, 1.82) is 0 Å². The van der Waals surface area contributed by atoms with Crippen LogP contribution in [0.5, 0.6) is 0 Å². The fourth-order valence-corrected chi connectivity index (χ4v) is 2.08. The molecule has 1 heterocycles. The second kappa shape index (κ2) is 6.30. The Kier molecular flexibility index (Phi) is 4.71. The zero-order valence-corrected chi connectivity index (χ0v) is 13.0. The van der Waals surface area contributed by atoms with Crippen LogP contribution in [0.3, 0.4) is 0 Å². The SMILES string of the molecule is Cc1nnc([C@H](C)N(C)CCc2ccc(Br)cc2)o1. The van der Waals surface area contributed by atoms with Gasteiger partial charge in [-0.2, -0.15) is 0 Å². The lowest BCUT2D eigenvalue weighted by atomic mass is 10.1. The molecular weight excluding hydrogens is 306 g/mol. The van der Waals surface area contributed by atoms with Gasteiger partial charge < -0.3 is 4.42 Å². The fourth-order valence-electron chi connectivity index (χ4n) is 1.82. The molecule has 1 aromatic heterocycles. The summed E-state index contributed by atoms with van der Waals surface area (Å²) in [6, 6.07) is 8.55. The van der Waals surface area contributed by atoms with Crippen molar-refractivity contribution in [2.45, 2.75) is 26.3 Å². The van der Waals surface area contributed by atoms with E-state index in [0.29, 0.717) is 11.8 Å². The van der Waals surface area contributed by atoms with Crippen LogP contribution in [0.4, 0.5) is 0 Å². The van der Waals surface area contributed by atoms with Gasteiger partial charge in [-0.3, -0.25) is 4.90 Å². The van der Waals surface area contributed by atoms with Crippen molar-refractivity contribution in [2.24, 2.45) is 0 Å². The van der Waals surface area contributed by atoms with E-state index >= 15 is 0 Å². The summed E-state index contributed by atoms with van der Waals surface area (Å²) in [6.07, 6.45) is 1.00. The summed E-state index contributed by atoms with van der Waals surface area (Å²) in [5, 5.41) is 7.94. The minimum Gasteiger partial charge on any atom is -0.424 e. The van der Waals surface area contributed by atoms with Gasteiger partial charge in [0.15, 0.2) is 0 Å². The minimum atomic E-state index is 0.136. The molecular formula is C14H18BrN3O. The lowest BCUT2D eigenvalue weighted by Crippen LogP contribution is -2.25. The largest absolute Gasteiger partial charge is 0.424 e. The van der Waals surface area contributed by atoms with Crippen molar-refractivity contribution in [3.63, 3.8) is 0 Å². The number of hydrogen-bond acceptors (Lipinski definition) is 4. The molecule has 0 bridgehead atoms. The van der Waals surface area contributed by atoms with Gasteiger partial charge in [-0.05, 0) is 38.1 Å². The lowest BCUT2D eigenvalue weighted by Gasteiger charge is -2.21. The molecule has 2 aromatic rings. The monoisotopic (exact) mass is 323 g/mol. The molecule has 0 radical (unpaired) electrons. The zero-order valence-electron chi connectivity index (χ0n) is 11.4. The van der Waals surface area contributed by atoms with E-state index < -0.39 is 0 Å². The van der Waals surface area contributed by atoms with Gasteiger partial charge in [-0.1, -0.05) is 28.1 Å². The number of benzene rings is 1. The highest BCUT2D eigenvalue weighted by atomic mass is 79.9. The van der Waals surface area contributed by atoms with Gasteiger partial charge in [-0.25, -0.2) is 0 Å². The fraction of sp³-hybridized carbons (Fsp3) is 0.429. The maximum atomic E-state index is 5.46. The molecule has 102 valence electrons. The van der Waals surface area contributed by atoms with E-state index in [4.69, 9.17) is 4.42 Å². The Labute approximate surface area is 122 Å². The van der Waals surface area contributed by atoms with Crippen LogP contribution >= 0.6 is 15.9 Å². The van der Waals surface area contributed by atoms with E-state index in [1.54, 1.807) is 0 Å². The number of nitrogens with zero attached hydrogens (tertiary/aromatic N) is 3. The molecule has 0 aliphatic heterocycles. The van der Waals surface area contributed by atoms with Crippen LogP contribution in [0.25, 0.3) is 0 Å². The first-order chi connectivity index (χ1) is 9.06. The maximum absolute atomic E-state index is 5.46. The van der Waals surface area contributed by atoms with Crippen LogP contribution in [0.1, 0.15) is 30.3 Å². The van der Waals surface area contributed by atoms with E-state index in [-0.39, 0.29) is 6.04 Å². The van der Waals surface area contributed by atoms with Gasteiger partial charge in [-0.15, -0.1) is 10.2 Å². The van der Waals surface area contributed by atoms with Crippen molar-refractivity contribution in [1.82, 2.24) is 15.1 Å². The molecule has 0 spiro atoms. The molecule has 0 aliphatic carbocycles. The van der Waals surface area contributed by atoms with E-state index in [0.717, 1.165) is 17.4 Å². The van der Waals surface area contributed by atoms with Crippen molar-refractivity contribution in [3.05, 3.63) is 46.1 Å². The molecule has 1 aromatic carbocycles. The normalized spacial score (nSPS) is 12.9. The molecule has 1 atom stereocenters. The van der Waals surface area contributed by atoms with Crippen LogP contribution in [0.2, 0.25) is 0 Å². The van der Waals surface area contributed by atoms with Gasteiger partial charge in [0, 0.05) is 17.9 Å². The second-order valence-corrected chi connectivity index (χ2v) is 5.61. The highest BCUT2D eigenvalue weighted by molar-refractivity contribution is 9.10. The average Bonchev–Trinajstić information content (AvgIpc) is 2.83. The van der Waals surface area contributed by atoms with Gasteiger partial charge >= 0.3 is 0 Å². The third kappa shape index (κ3) is 3.88. The summed E-state index contributed by atoms with van der Waals surface area (Å²) < 4.78 is 6.57. The molecule has 19 heavy (non-hydrogen) atoms. The molecule has 0 amide bonds. The molecule has 0 unspecified atom stereocenters. The first kappa shape index (κ1) is 14.2. The van der Waals surface area contributed by atoms with Crippen molar-refractivity contribution in [2.75, 3.05) is 13.6 Å². The Bertz CT molecular complexity index is 524. The molecule has 0 fully saturated rings. The molecule has 0 aliphatic rings. The number of halogens is 1. The summed E-state index contributed by atoms with van der Waals surface area (Å²) in [6.45, 7) is 4.84.